The summed E-state index contributed by atoms with van der Waals surface area (Å²) in [5, 5.41) is 20.2. The van der Waals surface area contributed by atoms with E-state index >= 15 is 0 Å². The standard InChI is InChI=1S/C24H38N2O6/c1-7-9-15(5)25(12-8-2)21(29)19-24-11-10-23(6,32-24)18(22(30)31)17(24)20(28)26(19)16(13-27)14(3)4/h8,14-19,27H,2,7,9-13H2,1,3-6H3,(H,30,31)/t15?,16-,17-,18+,19?,23-,24?/m0/s1. The van der Waals surface area contributed by atoms with Crippen LogP contribution in [-0.4, -0.2) is 80.3 Å². The summed E-state index contributed by atoms with van der Waals surface area (Å²) in [5.41, 5.74) is -2.18. The molecule has 3 heterocycles. The molecule has 8 heteroatoms. The van der Waals surface area contributed by atoms with E-state index < -0.39 is 47.0 Å². The van der Waals surface area contributed by atoms with Gasteiger partial charge in [-0.15, -0.1) is 6.58 Å². The zero-order valence-corrected chi connectivity index (χ0v) is 19.9. The summed E-state index contributed by atoms with van der Waals surface area (Å²) in [6, 6.07) is -1.65. The number of carboxylic acid groups (broad SMARTS) is 1. The predicted octanol–water partition coefficient (Wildman–Crippen LogP) is 2.06. The Labute approximate surface area is 190 Å². The number of likely N-dealkylation sites (tertiary alicyclic amines) is 1. The van der Waals surface area contributed by atoms with Gasteiger partial charge in [-0.1, -0.05) is 33.3 Å². The van der Waals surface area contributed by atoms with Gasteiger partial charge in [0, 0.05) is 12.6 Å². The third-order valence-corrected chi connectivity index (χ3v) is 7.88. The van der Waals surface area contributed by atoms with Crippen molar-refractivity contribution in [3.63, 3.8) is 0 Å². The molecule has 3 unspecified atom stereocenters. The van der Waals surface area contributed by atoms with E-state index in [-0.39, 0.29) is 24.5 Å². The van der Waals surface area contributed by atoms with Crippen LogP contribution >= 0.6 is 0 Å². The molecule has 0 aromatic heterocycles. The number of carboxylic acids is 1. The molecule has 7 atom stereocenters. The lowest BCUT2D eigenvalue weighted by Gasteiger charge is -2.42. The number of aliphatic hydroxyl groups is 1. The minimum Gasteiger partial charge on any atom is -0.481 e. The van der Waals surface area contributed by atoms with E-state index in [9.17, 15) is 24.6 Å². The number of hydrogen-bond donors (Lipinski definition) is 2. The van der Waals surface area contributed by atoms with Crippen molar-refractivity contribution in [3.8, 4) is 0 Å². The lowest BCUT2D eigenvalue weighted by molar-refractivity contribution is -0.160. The second-order valence-corrected chi connectivity index (χ2v) is 10.2. The Morgan fingerprint density at radius 3 is 2.50 bits per heavy atom. The number of rotatable bonds is 10. The lowest BCUT2D eigenvalue weighted by Crippen LogP contribution is -2.60. The number of carbonyl (C=O) groups excluding carboxylic acids is 2. The quantitative estimate of drug-likeness (QED) is 0.494. The van der Waals surface area contributed by atoms with Crippen LogP contribution in [0.25, 0.3) is 0 Å². The van der Waals surface area contributed by atoms with Gasteiger partial charge < -0.3 is 24.7 Å². The summed E-state index contributed by atoms with van der Waals surface area (Å²) in [6.07, 6.45) is 4.27. The van der Waals surface area contributed by atoms with Crippen LogP contribution in [0.3, 0.4) is 0 Å². The average molecular weight is 451 g/mol. The van der Waals surface area contributed by atoms with E-state index in [0.717, 1.165) is 12.8 Å². The number of nitrogens with zero attached hydrogens (tertiary/aromatic N) is 2. The van der Waals surface area contributed by atoms with Gasteiger partial charge >= 0.3 is 5.97 Å². The Morgan fingerprint density at radius 1 is 1.34 bits per heavy atom. The normalized spacial score (nSPS) is 35.2. The summed E-state index contributed by atoms with van der Waals surface area (Å²) >= 11 is 0. The highest BCUT2D eigenvalue weighted by Gasteiger charge is 2.79. The number of aliphatic hydroxyl groups excluding tert-OH is 1. The Kier molecular flexibility index (Phi) is 6.78. The maximum atomic E-state index is 14.1. The van der Waals surface area contributed by atoms with Crippen molar-refractivity contribution in [2.45, 2.75) is 89.6 Å². The molecule has 3 saturated heterocycles. The van der Waals surface area contributed by atoms with E-state index in [1.165, 1.54) is 4.90 Å². The fraction of sp³-hybridized carbons (Fsp3) is 0.792. The van der Waals surface area contributed by atoms with Crippen LogP contribution in [0.1, 0.15) is 60.3 Å². The molecule has 2 N–H and O–H groups in total. The second-order valence-electron chi connectivity index (χ2n) is 10.2. The molecule has 1 spiro atoms. The fourth-order valence-electron chi connectivity index (χ4n) is 6.35. The van der Waals surface area contributed by atoms with Crippen LogP contribution in [0, 0.1) is 17.8 Å². The van der Waals surface area contributed by atoms with Gasteiger partial charge in [0.15, 0.2) is 0 Å². The molecule has 2 bridgehead atoms. The molecule has 32 heavy (non-hydrogen) atoms. The maximum absolute atomic E-state index is 14.1. The zero-order chi connectivity index (χ0) is 24.0. The number of aliphatic carboxylic acids is 1. The SMILES string of the molecule is C=CCN(C(=O)C1N([C@@H](CO)C(C)C)C(=O)[C@@H]2[C@H](C(=O)O)[C@]3(C)CCC12O3)C(C)CCC. The molecule has 0 aromatic carbocycles. The maximum Gasteiger partial charge on any atom is 0.310 e. The molecule has 3 aliphatic rings. The molecule has 3 rings (SSSR count). The molecule has 8 nitrogen and oxygen atoms in total. The highest BCUT2D eigenvalue weighted by atomic mass is 16.5. The Morgan fingerprint density at radius 2 is 2.00 bits per heavy atom. The third-order valence-electron chi connectivity index (χ3n) is 7.88. The molecule has 0 saturated carbocycles. The van der Waals surface area contributed by atoms with Crippen molar-refractivity contribution in [3.05, 3.63) is 12.7 Å². The molecule has 180 valence electrons. The first kappa shape index (κ1) is 24.7. The summed E-state index contributed by atoms with van der Waals surface area (Å²) in [5.74, 6) is -3.80. The van der Waals surface area contributed by atoms with Crippen LogP contribution in [0.5, 0.6) is 0 Å². The molecule has 0 radical (unpaired) electrons. The van der Waals surface area contributed by atoms with E-state index in [0.29, 0.717) is 19.4 Å². The monoisotopic (exact) mass is 450 g/mol. The summed E-state index contributed by atoms with van der Waals surface area (Å²) in [4.78, 5) is 43.4. The number of carbonyl (C=O) groups is 3. The van der Waals surface area contributed by atoms with Gasteiger partial charge in [-0.05, 0) is 39.0 Å². The molecule has 0 aliphatic carbocycles. The van der Waals surface area contributed by atoms with Gasteiger partial charge in [0.2, 0.25) is 11.8 Å². The number of amides is 2. The number of ether oxygens (including phenoxy) is 1. The molecule has 3 aliphatic heterocycles. The first-order chi connectivity index (χ1) is 15.0. The largest absolute Gasteiger partial charge is 0.481 e. The predicted molar refractivity (Wildman–Crippen MR) is 119 cm³/mol. The van der Waals surface area contributed by atoms with Crippen LogP contribution in [0.2, 0.25) is 0 Å². The highest BCUT2D eigenvalue weighted by molar-refractivity contribution is 5.98. The first-order valence-electron chi connectivity index (χ1n) is 11.8. The Hall–Kier alpha value is -1.93. The highest BCUT2D eigenvalue weighted by Crippen LogP contribution is 2.63. The van der Waals surface area contributed by atoms with E-state index in [2.05, 4.69) is 6.58 Å². The second kappa shape index (κ2) is 8.78. The van der Waals surface area contributed by atoms with Gasteiger partial charge in [-0.2, -0.15) is 0 Å². The summed E-state index contributed by atoms with van der Waals surface area (Å²) < 4.78 is 6.42. The smallest absolute Gasteiger partial charge is 0.310 e. The lowest BCUT2D eigenvalue weighted by atomic mass is 9.66. The topological polar surface area (TPSA) is 107 Å². The molecular formula is C24H38N2O6. The molecule has 0 aromatic rings. The van der Waals surface area contributed by atoms with Gasteiger partial charge in [0.25, 0.3) is 0 Å². The van der Waals surface area contributed by atoms with E-state index in [1.807, 2.05) is 27.7 Å². The fourth-order valence-corrected chi connectivity index (χ4v) is 6.35. The van der Waals surface area contributed by atoms with Gasteiger partial charge in [-0.3, -0.25) is 14.4 Å². The molecule has 3 fully saturated rings. The van der Waals surface area contributed by atoms with Gasteiger partial charge in [0.1, 0.15) is 11.6 Å². The summed E-state index contributed by atoms with van der Waals surface area (Å²) in [7, 11) is 0. The zero-order valence-electron chi connectivity index (χ0n) is 19.9. The summed E-state index contributed by atoms with van der Waals surface area (Å²) in [6.45, 7) is 13.4. The molecular weight excluding hydrogens is 412 g/mol. The Bertz CT molecular complexity index is 784. The van der Waals surface area contributed by atoms with Crippen molar-refractivity contribution in [1.82, 2.24) is 9.80 Å². The van der Waals surface area contributed by atoms with Gasteiger partial charge in [-0.25, -0.2) is 0 Å². The average Bonchev–Trinajstić information content (AvgIpc) is 3.27. The van der Waals surface area contributed by atoms with Crippen molar-refractivity contribution < 1.29 is 29.3 Å². The van der Waals surface area contributed by atoms with Crippen LogP contribution in [0.15, 0.2) is 12.7 Å². The number of hydrogen-bond acceptors (Lipinski definition) is 5. The van der Waals surface area contributed by atoms with Crippen molar-refractivity contribution in [1.29, 1.82) is 0 Å². The van der Waals surface area contributed by atoms with Crippen LogP contribution in [-0.2, 0) is 19.1 Å². The van der Waals surface area contributed by atoms with Crippen LogP contribution < -0.4 is 0 Å². The number of fused-ring (bicyclic) bond motifs is 1. The van der Waals surface area contributed by atoms with E-state index in [4.69, 9.17) is 4.74 Å². The van der Waals surface area contributed by atoms with Crippen molar-refractivity contribution >= 4 is 17.8 Å². The van der Waals surface area contributed by atoms with Crippen molar-refractivity contribution in [2.24, 2.45) is 17.8 Å². The Balaban J connectivity index is 2.15. The van der Waals surface area contributed by atoms with Gasteiger partial charge in [0.05, 0.1) is 30.1 Å². The van der Waals surface area contributed by atoms with Crippen LogP contribution in [0.4, 0.5) is 0 Å². The first-order valence-corrected chi connectivity index (χ1v) is 11.8. The van der Waals surface area contributed by atoms with Crippen molar-refractivity contribution in [2.75, 3.05) is 13.2 Å². The molecule has 2 amide bonds. The van der Waals surface area contributed by atoms with E-state index in [1.54, 1.807) is 17.9 Å². The third kappa shape index (κ3) is 3.46. The minimum absolute atomic E-state index is 0.0750. The minimum atomic E-state index is -1.19.